The number of hydrogen-bond acceptors (Lipinski definition) is 5. The summed E-state index contributed by atoms with van der Waals surface area (Å²) < 4.78 is 11.2. The number of rotatable bonds is 10. The molecule has 2 aromatic rings. The van der Waals surface area contributed by atoms with Crippen molar-refractivity contribution in [2.45, 2.75) is 26.5 Å². The van der Waals surface area contributed by atoms with E-state index < -0.39 is 6.10 Å². The first kappa shape index (κ1) is 19.8. The molecule has 0 aliphatic rings. The molecule has 140 valence electrons. The van der Waals surface area contributed by atoms with Crippen LogP contribution in [0.2, 0.25) is 0 Å². The molecule has 26 heavy (non-hydrogen) atoms. The summed E-state index contributed by atoms with van der Waals surface area (Å²) in [4.78, 5) is 12.0. The number of nitrogens with one attached hydrogen (secondary N) is 2. The van der Waals surface area contributed by atoms with Crippen LogP contribution in [-0.2, 0) is 11.3 Å². The maximum atomic E-state index is 12.0. The van der Waals surface area contributed by atoms with E-state index >= 15 is 0 Å². The van der Waals surface area contributed by atoms with Gasteiger partial charge in [0.25, 0.3) is 5.91 Å². The van der Waals surface area contributed by atoms with Gasteiger partial charge in [-0.15, -0.1) is 0 Å². The number of amides is 1. The fourth-order valence-electron chi connectivity index (χ4n) is 2.34. The summed E-state index contributed by atoms with van der Waals surface area (Å²) in [6.45, 7) is 5.15. The molecule has 1 amide bonds. The largest absolute Gasteiger partial charge is 0.490 e. The average molecular weight is 358 g/mol. The highest BCUT2D eigenvalue weighted by Gasteiger charge is 2.10. The van der Waals surface area contributed by atoms with Gasteiger partial charge < -0.3 is 25.2 Å². The van der Waals surface area contributed by atoms with E-state index in [-0.39, 0.29) is 12.5 Å². The van der Waals surface area contributed by atoms with Gasteiger partial charge in [0.1, 0.15) is 0 Å². The topological polar surface area (TPSA) is 79.8 Å². The van der Waals surface area contributed by atoms with Crippen LogP contribution in [-0.4, -0.2) is 36.9 Å². The van der Waals surface area contributed by atoms with Crippen LogP contribution < -0.4 is 20.1 Å². The van der Waals surface area contributed by atoms with Crippen LogP contribution >= 0.6 is 0 Å². The van der Waals surface area contributed by atoms with Gasteiger partial charge in [-0.05, 0) is 43.7 Å². The number of carbonyl (C=O) groups excluding carboxylic acids is 1. The van der Waals surface area contributed by atoms with Crippen LogP contribution in [0.4, 0.5) is 5.69 Å². The zero-order chi connectivity index (χ0) is 18.8. The molecule has 6 nitrogen and oxygen atoms in total. The fourth-order valence-corrected chi connectivity index (χ4v) is 2.34. The number of aliphatic hydroxyl groups is 1. The van der Waals surface area contributed by atoms with Gasteiger partial charge in [0, 0.05) is 18.8 Å². The molecule has 1 atom stereocenters. The van der Waals surface area contributed by atoms with Crippen molar-refractivity contribution < 1.29 is 19.4 Å². The highest BCUT2D eigenvalue weighted by molar-refractivity contribution is 5.91. The van der Waals surface area contributed by atoms with E-state index in [1.165, 1.54) is 0 Å². The smallest absolute Gasteiger partial charge is 0.262 e. The first-order chi connectivity index (χ1) is 12.6. The average Bonchev–Trinajstić information content (AvgIpc) is 2.62. The molecule has 0 aliphatic carbocycles. The normalized spacial score (nSPS) is 11.7. The van der Waals surface area contributed by atoms with Crippen molar-refractivity contribution in [3.05, 3.63) is 54.1 Å². The van der Waals surface area contributed by atoms with E-state index in [0.29, 0.717) is 31.2 Å². The van der Waals surface area contributed by atoms with Crippen LogP contribution in [0.15, 0.2) is 48.5 Å². The summed E-state index contributed by atoms with van der Waals surface area (Å²) in [6, 6.07) is 14.8. The van der Waals surface area contributed by atoms with Crippen molar-refractivity contribution in [3.63, 3.8) is 0 Å². The Morgan fingerprint density at radius 2 is 1.88 bits per heavy atom. The molecule has 3 N–H and O–H groups in total. The third-order valence-corrected chi connectivity index (χ3v) is 3.49. The number of aliphatic hydroxyl groups excluding tert-OH is 1. The Hall–Kier alpha value is -2.57. The summed E-state index contributed by atoms with van der Waals surface area (Å²) in [7, 11) is 0. The zero-order valence-corrected chi connectivity index (χ0v) is 15.2. The molecule has 0 saturated heterocycles. The first-order valence-electron chi connectivity index (χ1n) is 8.70. The maximum absolute atomic E-state index is 12.0. The number of hydrogen-bond donors (Lipinski definition) is 3. The molecular formula is C20H26N2O4. The van der Waals surface area contributed by atoms with Crippen molar-refractivity contribution >= 4 is 11.6 Å². The third-order valence-electron chi connectivity index (χ3n) is 3.49. The van der Waals surface area contributed by atoms with Crippen molar-refractivity contribution in [2.75, 3.05) is 25.1 Å². The van der Waals surface area contributed by atoms with Crippen molar-refractivity contribution in [1.82, 2.24) is 5.32 Å². The summed E-state index contributed by atoms with van der Waals surface area (Å²) >= 11 is 0. The fraction of sp³-hybridized carbons (Fsp3) is 0.350. The van der Waals surface area contributed by atoms with E-state index in [4.69, 9.17) is 9.47 Å². The minimum Gasteiger partial charge on any atom is -0.490 e. The number of benzene rings is 2. The highest BCUT2D eigenvalue weighted by atomic mass is 16.5. The molecule has 0 aromatic heterocycles. The van der Waals surface area contributed by atoms with Gasteiger partial charge in [-0.2, -0.15) is 0 Å². The van der Waals surface area contributed by atoms with Crippen LogP contribution in [0.3, 0.4) is 0 Å². The predicted molar refractivity (Wildman–Crippen MR) is 102 cm³/mol. The lowest BCUT2D eigenvalue weighted by Crippen LogP contribution is -2.23. The van der Waals surface area contributed by atoms with E-state index in [2.05, 4.69) is 10.6 Å². The minimum atomic E-state index is -0.396. The zero-order valence-electron chi connectivity index (χ0n) is 15.2. The first-order valence-corrected chi connectivity index (χ1v) is 8.70. The van der Waals surface area contributed by atoms with Gasteiger partial charge in [0.15, 0.2) is 18.1 Å². The Morgan fingerprint density at radius 3 is 2.58 bits per heavy atom. The van der Waals surface area contributed by atoms with Crippen LogP contribution in [0.5, 0.6) is 11.5 Å². The molecule has 0 radical (unpaired) electrons. The molecule has 2 aromatic carbocycles. The molecule has 0 bridgehead atoms. The van der Waals surface area contributed by atoms with Gasteiger partial charge in [-0.3, -0.25) is 4.79 Å². The molecule has 0 spiro atoms. The van der Waals surface area contributed by atoms with E-state index in [9.17, 15) is 9.90 Å². The lowest BCUT2D eigenvalue weighted by Gasteiger charge is -2.14. The summed E-state index contributed by atoms with van der Waals surface area (Å²) in [5, 5.41) is 15.2. The molecule has 6 heteroatoms. The number of para-hydroxylation sites is 1. The number of carbonyl (C=O) groups is 1. The van der Waals surface area contributed by atoms with Gasteiger partial charge in [-0.1, -0.05) is 24.3 Å². The lowest BCUT2D eigenvalue weighted by atomic mass is 10.2. The summed E-state index contributed by atoms with van der Waals surface area (Å²) in [6.07, 6.45) is -0.396. The molecule has 0 aliphatic heterocycles. The molecule has 1 unspecified atom stereocenters. The Kier molecular flexibility index (Phi) is 7.92. The monoisotopic (exact) mass is 358 g/mol. The van der Waals surface area contributed by atoms with Gasteiger partial charge in [0.2, 0.25) is 0 Å². The van der Waals surface area contributed by atoms with E-state index in [0.717, 1.165) is 11.3 Å². The molecule has 0 fully saturated rings. The Morgan fingerprint density at radius 1 is 1.12 bits per heavy atom. The predicted octanol–water partition coefficient (Wildman–Crippen LogP) is 2.57. The van der Waals surface area contributed by atoms with Crippen molar-refractivity contribution in [2.24, 2.45) is 0 Å². The Balaban J connectivity index is 1.93. The van der Waals surface area contributed by atoms with Gasteiger partial charge in [0.05, 0.1) is 12.7 Å². The number of ether oxygens (including phenoxy) is 2. The third kappa shape index (κ3) is 6.74. The highest BCUT2D eigenvalue weighted by Crippen LogP contribution is 2.28. The second-order valence-electron chi connectivity index (χ2n) is 5.90. The molecular weight excluding hydrogens is 332 g/mol. The lowest BCUT2D eigenvalue weighted by molar-refractivity contribution is -0.118. The molecule has 2 rings (SSSR count). The van der Waals surface area contributed by atoms with Gasteiger partial charge in [-0.25, -0.2) is 0 Å². The van der Waals surface area contributed by atoms with Crippen molar-refractivity contribution in [1.29, 1.82) is 0 Å². The molecule has 0 saturated carbocycles. The molecule has 0 heterocycles. The second-order valence-corrected chi connectivity index (χ2v) is 5.90. The van der Waals surface area contributed by atoms with Crippen molar-refractivity contribution in [3.8, 4) is 11.5 Å². The van der Waals surface area contributed by atoms with Crippen LogP contribution in [0.25, 0.3) is 0 Å². The quantitative estimate of drug-likeness (QED) is 0.608. The van der Waals surface area contributed by atoms with E-state index in [1.54, 1.807) is 13.0 Å². The number of anilines is 1. The summed E-state index contributed by atoms with van der Waals surface area (Å²) in [5.74, 6) is 0.882. The van der Waals surface area contributed by atoms with Crippen LogP contribution in [0.1, 0.15) is 19.4 Å². The SMILES string of the molecule is CCOc1cc(CNCC(C)O)ccc1OCC(=O)Nc1ccccc1. The Labute approximate surface area is 154 Å². The van der Waals surface area contributed by atoms with E-state index in [1.807, 2.05) is 49.4 Å². The maximum Gasteiger partial charge on any atom is 0.262 e. The Bertz CT molecular complexity index is 689. The second kappa shape index (κ2) is 10.4. The minimum absolute atomic E-state index is 0.103. The summed E-state index contributed by atoms with van der Waals surface area (Å²) in [5.41, 5.74) is 1.74. The standard InChI is InChI=1S/C20H26N2O4/c1-3-25-19-11-16(13-21-12-15(2)23)9-10-18(19)26-14-20(24)22-17-7-5-4-6-8-17/h4-11,15,21,23H,3,12-14H2,1-2H3,(H,22,24). The van der Waals surface area contributed by atoms with Crippen LogP contribution in [0, 0.1) is 0 Å². The van der Waals surface area contributed by atoms with Gasteiger partial charge >= 0.3 is 0 Å².